The molecule has 4 heteroatoms. The van der Waals surface area contributed by atoms with Gasteiger partial charge < -0.3 is 10.8 Å². The molecule has 1 atom stereocenters. The molecule has 1 heterocycles. The van der Waals surface area contributed by atoms with Crippen molar-refractivity contribution in [2.45, 2.75) is 45.1 Å². The van der Waals surface area contributed by atoms with Crippen LogP contribution < -0.4 is 5.73 Å². The molecule has 2 rings (SSSR count). The maximum absolute atomic E-state index is 9.67. The highest BCUT2D eigenvalue weighted by atomic mass is 16.3. The normalized spacial score (nSPS) is 19.9. The third-order valence-electron chi connectivity index (χ3n) is 4.18. The Balaban J connectivity index is 2.25. The Labute approximate surface area is 103 Å². The molecule has 1 aromatic rings. The number of aromatic nitrogens is 2. The first-order chi connectivity index (χ1) is 8.27. The van der Waals surface area contributed by atoms with E-state index in [9.17, 15) is 5.11 Å². The number of aliphatic hydroxyl groups excluding tert-OH is 1. The van der Waals surface area contributed by atoms with Crippen LogP contribution in [0.25, 0.3) is 0 Å². The summed E-state index contributed by atoms with van der Waals surface area (Å²) in [7, 11) is 0. The zero-order chi connectivity index (χ0) is 12.3. The van der Waals surface area contributed by atoms with Crippen LogP contribution in [0.4, 0.5) is 0 Å². The third-order valence-corrected chi connectivity index (χ3v) is 4.18. The summed E-state index contributed by atoms with van der Waals surface area (Å²) in [5.74, 6) is 0.246. The van der Waals surface area contributed by atoms with Crippen LogP contribution in [-0.2, 0) is 6.54 Å². The molecule has 96 valence electrons. The number of aliphatic hydroxyl groups is 1. The van der Waals surface area contributed by atoms with Crippen LogP contribution in [0.1, 0.15) is 44.2 Å². The number of nitrogens with zero attached hydrogens (tertiary/aromatic N) is 2. The number of hydrogen-bond donors (Lipinski definition) is 2. The van der Waals surface area contributed by atoms with Gasteiger partial charge in [-0.1, -0.05) is 13.3 Å². The Kier molecular flexibility index (Phi) is 3.84. The van der Waals surface area contributed by atoms with Gasteiger partial charge in [-0.2, -0.15) is 5.10 Å². The van der Waals surface area contributed by atoms with E-state index in [4.69, 9.17) is 5.73 Å². The molecule has 0 spiro atoms. The summed E-state index contributed by atoms with van der Waals surface area (Å²) in [5.41, 5.74) is 7.16. The lowest BCUT2D eigenvalue weighted by Crippen LogP contribution is -2.43. The van der Waals surface area contributed by atoms with E-state index in [1.165, 1.54) is 12.1 Å². The molecule has 0 radical (unpaired) electrons. The minimum atomic E-state index is 0.0142. The van der Waals surface area contributed by atoms with E-state index in [1.54, 1.807) is 0 Å². The van der Waals surface area contributed by atoms with E-state index in [-0.39, 0.29) is 17.9 Å². The maximum atomic E-state index is 9.67. The monoisotopic (exact) mass is 237 g/mol. The van der Waals surface area contributed by atoms with Gasteiger partial charge in [0.15, 0.2) is 0 Å². The number of aryl methyl sites for hydroxylation is 1. The average Bonchev–Trinajstić information content (AvgIpc) is 2.72. The van der Waals surface area contributed by atoms with Gasteiger partial charge >= 0.3 is 0 Å². The Morgan fingerprint density at radius 1 is 1.59 bits per heavy atom. The molecule has 0 bridgehead atoms. The van der Waals surface area contributed by atoms with E-state index in [0.29, 0.717) is 6.54 Å². The molecule has 0 amide bonds. The second-order valence-electron chi connectivity index (χ2n) is 5.14. The van der Waals surface area contributed by atoms with Gasteiger partial charge in [-0.25, -0.2) is 0 Å². The van der Waals surface area contributed by atoms with Crippen molar-refractivity contribution < 1.29 is 5.11 Å². The second kappa shape index (κ2) is 5.19. The van der Waals surface area contributed by atoms with Crippen molar-refractivity contribution in [2.75, 3.05) is 13.2 Å². The van der Waals surface area contributed by atoms with Crippen molar-refractivity contribution in [1.82, 2.24) is 9.78 Å². The SMILES string of the molecule is CCCn1nccc1[C@H](CN)C1(CO)CCC1. The zero-order valence-electron chi connectivity index (χ0n) is 10.6. The van der Waals surface area contributed by atoms with Crippen molar-refractivity contribution in [3.05, 3.63) is 18.0 Å². The summed E-state index contributed by atoms with van der Waals surface area (Å²) in [4.78, 5) is 0. The van der Waals surface area contributed by atoms with E-state index in [1.807, 2.05) is 10.9 Å². The van der Waals surface area contributed by atoms with Gasteiger partial charge in [0.25, 0.3) is 0 Å². The Bertz CT molecular complexity index is 352. The fraction of sp³-hybridized carbons (Fsp3) is 0.769. The van der Waals surface area contributed by atoms with Crippen molar-refractivity contribution in [3.63, 3.8) is 0 Å². The summed E-state index contributed by atoms with van der Waals surface area (Å²) in [6.07, 6.45) is 6.29. The largest absolute Gasteiger partial charge is 0.396 e. The lowest BCUT2D eigenvalue weighted by atomic mass is 9.60. The molecular formula is C13H23N3O. The van der Waals surface area contributed by atoms with Crippen molar-refractivity contribution in [1.29, 1.82) is 0 Å². The molecule has 1 aliphatic carbocycles. The van der Waals surface area contributed by atoms with Crippen molar-refractivity contribution in [3.8, 4) is 0 Å². The average molecular weight is 237 g/mol. The lowest BCUT2D eigenvalue weighted by molar-refractivity contribution is 0.0165. The first kappa shape index (κ1) is 12.6. The molecule has 0 aliphatic heterocycles. The highest BCUT2D eigenvalue weighted by Crippen LogP contribution is 2.50. The van der Waals surface area contributed by atoms with E-state index in [2.05, 4.69) is 18.1 Å². The molecule has 0 saturated heterocycles. The Hall–Kier alpha value is -0.870. The van der Waals surface area contributed by atoms with Crippen molar-refractivity contribution in [2.24, 2.45) is 11.1 Å². The molecule has 4 nitrogen and oxygen atoms in total. The minimum absolute atomic E-state index is 0.0142. The standard InChI is InChI=1S/C13H23N3O/c1-2-8-16-12(4-7-15-16)11(9-14)13(10-17)5-3-6-13/h4,7,11,17H,2-3,5-6,8-10,14H2,1H3/t11-/m0/s1. The first-order valence-corrected chi connectivity index (χ1v) is 6.60. The van der Waals surface area contributed by atoms with Gasteiger partial charge in [-0.15, -0.1) is 0 Å². The van der Waals surface area contributed by atoms with E-state index >= 15 is 0 Å². The summed E-state index contributed by atoms with van der Waals surface area (Å²) < 4.78 is 2.05. The molecule has 1 fully saturated rings. The van der Waals surface area contributed by atoms with Gasteiger partial charge in [-0.05, 0) is 25.3 Å². The van der Waals surface area contributed by atoms with Gasteiger partial charge in [-0.3, -0.25) is 4.68 Å². The smallest absolute Gasteiger partial charge is 0.0494 e. The fourth-order valence-corrected chi connectivity index (χ4v) is 2.97. The van der Waals surface area contributed by atoms with Crippen LogP contribution >= 0.6 is 0 Å². The van der Waals surface area contributed by atoms with Crippen LogP contribution in [0.15, 0.2) is 12.3 Å². The topological polar surface area (TPSA) is 64.1 Å². The first-order valence-electron chi connectivity index (χ1n) is 6.60. The molecule has 0 aromatic carbocycles. The quantitative estimate of drug-likeness (QED) is 0.788. The summed E-state index contributed by atoms with van der Waals surface area (Å²) in [6.45, 7) is 3.91. The van der Waals surface area contributed by atoms with Gasteiger partial charge in [0.2, 0.25) is 0 Å². The highest BCUT2D eigenvalue weighted by Gasteiger charge is 2.44. The van der Waals surface area contributed by atoms with E-state index < -0.39 is 0 Å². The van der Waals surface area contributed by atoms with Crippen LogP contribution in [0.3, 0.4) is 0 Å². The van der Waals surface area contributed by atoms with E-state index in [0.717, 1.165) is 25.8 Å². The highest BCUT2D eigenvalue weighted by molar-refractivity contribution is 5.16. The number of nitrogens with two attached hydrogens (primary N) is 1. The van der Waals surface area contributed by atoms with Crippen LogP contribution in [0.5, 0.6) is 0 Å². The minimum Gasteiger partial charge on any atom is -0.396 e. The number of rotatable bonds is 6. The molecule has 1 aromatic heterocycles. The molecular weight excluding hydrogens is 214 g/mol. The summed E-state index contributed by atoms with van der Waals surface area (Å²) in [5, 5.41) is 14.0. The molecule has 1 saturated carbocycles. The predicted molar refractivity (Wildman–Crippen MR) is 67.7 cm³/mol. The van der Waals surface area contributed by atoms with Crippen LogP contribution in [0.2, 0.25) is 0 Å². The lowest BCUT2D eigenvalue weighted by Gasteiger charge is -2.46. The van der Waals surface area contributed by atoms with Crippen molar-refractivity contribution >= 4 is 0 Å². The zero-order valence-corrected chi connectivity index (χ0v) is 10.6. The Morgan fingerprint density at radius 2 is 2.35 bits per heavy atom. The fourth-order valence-electron chi connectivity index (χ4n) is 2.97. The van der Waals surface area contributed by atoms with Gasteiger partial charge in [0, 0.05) is 42.9 Å². The molecule has 1 aliphatic rings. The number of hydrogen-bond acceptors (Lipinski definition) is 3. The Morgan fingerprint density at radius 3 is 2.82 bits per heavy atom. The third kappa shape index (κ3) is 2.11. The molecule has 3 N–H and O–H groups in total. The second-order valence-corrected chi connectivity index (χ2v) is 5.14. The van der Waals surface area contributed by atoms with Crippen LogP contribution in [-0.4, -0.2) is 28.0 Å². The summed E-state index contributed by atoms with van der Waals surface area (Å²) >= 11 is 0. The van der Waals surface area contributed by atoms with Crippen LogP contribution in [0, 0.1) is 5.41 Å². The molecule has 17 heavy (non-hydrogen) atoms. The molecule has 0 unspecified atom stereocenters. The van der Waals surface area contributed by atoms with Gasteiger partial charge in [0.05, 0.1) is 0 Å². The maximum Gasteiger partial charge on any atom is 0.0494 e. The predicted octanol–water partition coefficient (Wildman–Crippen LogP) is 1.50. The summed E-state index contributed by atoms with van der Waals surface area (Å²) in [6, 6.07) is 2.06. The van der Waals surface area contributed by atoms with Gasteiger partial charge in [0.1, 0.15) is 0 Å².